The fraction of sp³-hybridized carbons (Fsp3) is 0.176. The van der Waals surface area contributed by atoms with Gasteiger partial charge in [-0.25, -0.2) is 4.79 Å². The highest BCUT2D eigenvalue weighted by molar-refractivity contribution is 5.87. The number of hydrogen-bond donors (Lipinski definition) is 2. The van der Waals surface area contributed by atoms with E-state index < -0.39 is 12.1 Å². The molecule has 1 atom stereocenters. The molecule has 23 heavy (non-hydrogen) atoms. The number of phenols is 1. The van der Waals surface area contributed by atoms with Crippen molar-refractivity contribution in [2.24, 2.45) is 4.99 Å². The standard InChI is InChI=1S/C17H17NO5/c1-11(17(20)21)23-16-12(5-3-8-15(16)22-2)10-18-13-6-4-7-14(19)9-13/h3-11,19H,1-2H3,(H,20,21)/t11-/m1/s1. The molecule has 0 heterocycles. The molecule has 0 aliphatic carbocycles. The Kier molecular flexibility index (Phi) is 5.19. The van der Waals surface area contributed by atoms with E-state index in [1.54, 1.807) is 36.4 Å². The molecule has 0 bridgehead atoms. The number of carboxylic acids is 1. The first-order chi connectivity index (χ1) is 11.0. The summed E-state index contributed by atoms with van der Waals surface area (Å²) in [7, 11) is 1.48. The summed E-state index contributed by atoms with van der Waals surface area (Å²) < 4.78 is 10.7. The molecule has 0 spiro atoms. The Morgan fingerprint density at radius 3 is 2.65 bits per heavy atom. The van der Waals surface area contributed by atoms with Gasteiger partial charge in [-0.3, -0.25) is 4.99 Å². The SMILES string of the molecule is COc1cccc(C=Nc2cccc(O)c2)c1O[C@H](C)C(=O)O. The molecule has 0 aliphatic rings. The average molecular weight is 315 g/mol. The fourth-order valence-electron chi connectivity index (χ4n) is 1.87. The number of benzene rings is 2. The highest BCUT2D eigenvalue weighted by atomic mass is 16.5. The molecule has 120 valence electrons. The third kappa shape index (κ3) is 4.23. The van der Waals surface area contributed by atoms with Crippen molar-refractivity contribution < 1.29 is 24.5 Å². The summed E-state index contributed by atoms with van der Waals surface area (Å²) in [4.78, 5) is 15.3. The van der Waals surface area contributed by atoms with Gasteiger partial charge in [-0.15, -0.1) is 0 Å². The Morgan fingerprint density at radius 2 is 2.00 bits per heavy atom. The van der Waals surface area contributed by atoms with Gasteiger partial charge >= 0.3 is 5.97 Å². The molecule has 0 aliphatic heterocycles. The second-order valence-corrected chi connectivity index (χ2v) is 4.75. The van der Waals surface area contributed by atoms with Crippen LogP contribution in [0.3, 0.4) is 0 Å². The first kappa shape index (κ1) is 16.4. The summed E-state index contributed by atoms with van der Waals surface area (Å²) in [6, 6.07) is 11.6. The molecular weight excluding hydrogens is 298 g/mol. The van der Waals surface area contributed by atoms with Gasteiger partial charge in [0.2, 0.25) is 0 Å². The number of ether oxygens (including phenoxy) is 2. The average Bonchev–Trinajstić information content (AvgIpc) is 2.53. The van der Waals surface area contributed by atoms with Crippen LogP contribution in [-0.4, -0.2) is 35.6 Å². The largest absolute Gasteiger partial charge is 0.508 e. The van der Waals surface area contributed by atoms with Crippen LogP contribution in [0.5, 0.6) is 17.2 Å². The van der Waals surface area contributed by atoms with Gasteiger partial charge in [-0.1, -0.05) is 12.1 Å². The van der Waals surface area contributed by atoms with Gasteiger partial charge in [0.15, 0.2) is 17.6 Å². The summed E-state index contributed by atoms with van der Waals surface area (Å²) >= 11 is 0. The number of phenolic OH excluding ortho intramolecular Hbond substituents is 1. The minimum Gasteiger partial charge on any atom is -0.508 e. The zero-order chi connectivity index (χ0) is 16.8. The van der Waals surface area contributed by atoms with E-state index in [0.717, 1.165) is 0 Å². The predicted molar refractivity (Wildman–Crippen MR) is 86.1 cm³/mol. The van der Waals surface area contributed by atoms with Crippen molar-refractivity contribution in [2.75, 3.05) is 7.11 Å². The normalized spacial score (nSPS) is 12.1. The highest BCUT2D eigenvalue weighted by Crippen LogP contribution is 2.31. The molecule has 0 unspecified atom stereocenters. The smallest absolute Gasteiger partial charge is 0.344 e. The van der Waals surface area contributed by atoms with E-state index in [1.807, 2.05) is 0 Å². The van der Waals surface area contributed by atoms with E-state index in [4.69, 9.17) is 14.6 Å². The van der Waals surface area contributed by atoms with Crippen LogP contribution in [0.15, 0.2) is 47.5 Å². The maximum absolute atomic E-state index is 11.0. The van der Waals surface area contributed by atoms with Crippen molar-refractivity contribution in [3.8, 4) is 17.2 Å². The molecule has 2 aromatic carbocycles. The van der Waals surface area contributed by atoms with Gasteiger partial charge < -0.3 is 19.7 Å². The van der Waals surface area contributed by atoms with Crippen molar-refractivity contribution in [1.29, 1.82) is 0 Å². The monoisotopic (exact) mass is 315 g/mol. The van der Waals surface area contributed by atoms with E-state index in [0.29, 0.717) is 22.7 Å². The molecule has 0 fully saturated rings. The summed E-state index contributed by atoms with van der Waals surface area (Å²) in [5.41, 5.74) is 1.13. The van der Waals surface area contributed by atoms with Gasteiger partial charge in [-0.2, -0.15) is 0 Å². The van der Waals surface area contributed by atoms with Crippen molar-refractivity contribution in [3.05, 3.63) is 48.0 Å². The van der Waals surface area contributed by atoms with Gasteiger partial charge in [0.25, 0.3) is 0 Å². The lowest BCUT2D eigenvalue weighted by Gasteiger charge is -2.15. The summed E-state index contributed by atoms with van der Waals surface area (Å²) in [5.74, 6) is -0.250. The van der Waals surface area contributed by atoms with Crippen LogP contribution >= 0.6 is 0 Å². The Labute approximate surface area is 133 Å². The van der Waals surface area contributed by atoms with Gasteiger partial charge in [0.1, 0.15) is 5.75 Å². The van der Waals surface area contributed by atoms with Crippen molar-refractivity contribution in [2.45, 2.75) is 13.0 Å². The number of carbonyl (C=O) groups is 1. The van der Waals surface area contributed by atoms with Crippen LogP contribution in [-0.2, 0) is 4.79 Å². The number of aromatic hydroxyl groups is 1. The number of methoxy groups -OCH3 is 1. The quantitative estimate of drug-likeness (QED) is 0.800. The zero-order valence-electron chi connectivity index (χ0n) is 12.8. The van der Waals surface area contributed by atoms with Crippen molar-refractivity contribution in [1.82, 2.24) is 0 Å². The van der Waals surface area contributed by atoms with Gasteiger partial charge in [0.05, 0.1) is 12.8 Å². The summed E-state index contributed by atoms with van der Waals surface area (Å²) in [5, 5.41) is 18.5. The maximum Gasteiger partial charge on any atom is 0.344 e. The first-order valence-electron chi connectivity index (χ1n) is 6.91. The number of nitrogens with zero attached hydrogens (tertiary/aromatic N) is 1. The molecule has 2 aromatic rings. The highest BCUT2D eigenvalue weighted by Gasteiger charge is 2.17. The lowest BCUT2D eigenvalue weighted by molar-refractivity contribution is -0.144. The molecule has 6 heteroatoms. The van der Waals surface area contributed by atoms with Crippen LogP contribution in [0.2, 0.25) is 0 Å². The van der Waals surface area contributed by atoms with Crippen LogP contribution < -0.4 is 9.47 Å². The molecule has 0 radical (unpaired) electrons. The van der Waals surface area contributed by atoms with Crippen LogP contribution in [0.25, 0.3) is 0 Å². The first-order valence-corrected chi connectivity index (χ1v) is 6.91. The van der Waals surface area contributed by atoms with Gasteiger partial charge in [0, 0.05) is 17.8 Å². The second-order valence-electron chi connectivity index (χ2n) is 4.75. The molecule has 0 aromatic heterocycles. The number of aliphatic imine (C=N–C) groups is 1. The number of rotatable bonds is 6. The molecule has 0 amide bonds. The van der Waals surface area contributed by atoms with E-state index in [2.05, 4.69) is 4.99 Å². The Morgan fingerprint density at radius 1 is 1.26 bits per heavy atom. The Bertz CT molecular complexity index is 727. The van der Waals surface area contributed by atoms with E-state index in [1.165, 1.54) is 26.3 Å². The Balaban J connectivity index is 2.35. The fourth-order valence-corrected chi connectivity index (χ4v) is 1.87. The van der Waals surface area contributed by atoms with Crippen LogP contribution in [0.1, 0.15) is 12.5 Å². The second kappa shape index (κ2) is 7.31. The number of hydrogen-bond acceptors (Lipinski definition) is 5. The van der Waals surface area contributed by atoms with E-state index >= 15 is 0 Å². The maximum atomic E-state index is 11.0. The minimum absolute atomic E-state index is 0.112. The Hall–Kier alpha value is -3.02. The molecule has 0 saturated carbocycles. The zero-order valence-corrected chi connectivity index (χ0v) is 12.8. The molecule has 0 saturated heterocycles. The topological polar surface area (TPSA) is 88.4 Å². The molecule has 2 rings (SSSR count). The molecular formula is C17H17NO5. The number of carboxylic acid groups (broad SMARTS) is 1. The number of para-hydroxylation sites is 1. The van der Waals surface area contributed by atoms with Crippen molar-refractivity contribution >= 4 is 17.9 Å². The van der Waals surface area contributed by atoms with Crippen LogP contribution in [0, 0.1) is 0 Å². The molecule has 6 nitrogen and oxygen atoms in total. The third-order valence-electron chi connectivity index (χ3n) is 3.05. The third-order valence-corrected chi connectivity index (χ3v) is 3.05. The molecule has 2 N–H and O–H groups in total. The summed E-state index contributed by atoms with van der Waals surface area (Å²) in [6.45, 7) is 1.44. The van der Waals surface area contributed by atoms with E-state index in [9.17, 15) is 9.90 Å². The van der Waals surface area contributed by atoms with Gasteiger partial charge in [-0.05, 0) is 31.2 Å². The van der Waals surface area contributed by atoms with Crippen molar-refractivity contribution in [3.63, 3.8) is 0 Å². The van der Waals surface area contributed by atoms with E-state index in [-0.39, 0.29) is 5.75 Å². The lowest BCUT2D eigenvalue weighted by atomic mass is 10.2. The minimum atomic E-state index is -1.08. The van der Waals surface area contributed by atoms with Crippen LogP contribution in [0.4, 0.5) is 5.69 Å². The number of aliphatic carboxylic acids is 1. The summed E-state index contributed by atoms with van der Waals surface area (Å²) in [6.07, 6.45) is 0.500. The predicted octanol–water partition coefficient (Wildman–Crippen LogP) is 3.00. The lowest BCUT2D eigenvalue weighted by Crippen LogP contribution is -2.23.